The number of hydrogen-bond acceptors (Lipinski definition) is 6. The van der Waals surface area contributed by atoms with Crippen molar-refractivity contribution < 1.29 is 19.7 Å². The largest absolute Gasteiger partial charge is 0.390 e. The molecule has 2 aliphatic rings. The lowest BCUT2D eigenvalue weighted by Gasteiger charge is -2.39. The van der Waals surface area contributed by atoms with Gasteiger partial charge in [-0.2, -0.15) is 0 Å². The van der Waals surface area contributed by atoms with E-state index in [4.69, 9.17) is 4.74 Å². The number of thioether (sulfide) groups is 1. The molecule has 0 radical (unpaired) electrons. The van der Waals surface area contributed by atoms with Crippen LogP contribution in [0.2, 0.25) is 0 Å². The van der Waals surface area contributed by atoms with Crippen LogP contribution in [-0.4, -0.2) is 58.0 Å². The number of rotatable bonds is 3. The Hall–Kier alpha value is -0.630. The fourth-order valence-electron chi connectivity index (χ4n) is 2.40. The molecule has 2 saturated heterocycles. The van der Waals surface area contributed by atoms with Gasteiger partial charge in [-0.05, 0) is 6.92 Å². The van der Waals surface area contributed by atoms with Crippen molar-refractivity contribution in [2.75, 3.05) is 13.1 Å². The summed E-state index contributed by atoms with van der Waals surface area (Å²) in [6.07, 6.45) is -1.74. The van der Waals surface area contributed by atoms with Gasteiger partial charge in [0.2, 0.25) is 5.91 Å². The summed E-state index contributed by atoms with van der Waals surface area (Å²) in [4.78, 5) is 15.2. The Morgan fingerprint density at radius 3 is 2.89 bits per heavy atom. The van der Waals surface area contributed by atoms with Gasteiger partial charge in [0, 0.05) is 32.4 Å². The summed E-state index contributed by atoms with van der Waals surface area (Å²) >= 11 is 1.51. The fourth-order valence-corrected chi connectivity index (χ4v) is 3.79. The van der Waals surface area contributed by atoms with Crippen molar-refractivity contribution in [3.8, 4) is 0 Å². The molecule has 3 N–H and O–H groups in total. The number of amides is 1. The Balaban J connectivity index is 2.01. The van der Waals surface area contributed by atoms with Crippen LogP contribution in [0.4, 0.5) is 0 Å². The molecule has 2 rings (SSSR count). The van der Waals surface area contributed by atoms with E-state index in [1.165, 1.54) is 18.7 Å². The molecule has 2 fully saturated rings. The lowest BCUT2D eigenvalue weighted by Crippen LogP contribution is -2.55. The van der Waals surface area contributed by atoms with E-state index in [-0.39, 0.29) is 23.8 Å². The SMILES string of the molecule is CCN=C1CC2C(OC(CNC(C)=O)C(O)C2O)S1. The molecule has 0 aromatic heterocycles. The van der Waals surface area contributed by atoms with Gasteiger partial charge in [-0.3, -0.25) is 9.79 Å². The Morgan fingerprint density at radius 1 is 1.53 bits per heavy atom. The second kappa shape index (κ2) is 6.21. The van der Waals surface area contributed by atoms with Gasteiger partial charge >= 0.3 is 0 Å². The van der Waals surface area contributed by atoms with Gasteiger partial charge in [0.15, 0.2) is 0 Å². The van der Waals surface area contributed by atoms with Crippen molar-refractivity contribution >= 4 is 22.7 Å². The molecular weight excluding hydrogens is 268 g/mol. The van der Waals surface area contributed by atoms with Crippen LogP contribution < -0.4 is 5.32 Å². The number of aliphatic hydroxyl groups is 2. The second-order valence-corrected chi connectivity index (χ2v) is 5.99. The van der Waals surface area contributed by atoms with E-state index < -0.39 is 18.3 Å². The number of aliphatic imine (C=N–C) groups is 1. The summed E-state index contributed by atoms with van der Waals surface area (Å²) in [6, 6.07) is 0. The standard InChI is InChI=1S/C12H20N2O4S/c1-3-13-9-4-7-10(16)11(17)8(5-14-6(2)15)18-12(7)19-9/h7-8,10-12,16-17H,3-5H2,1-2H3,(H,14,15). The van der Waals surface area contributed by atoms with Crippen molar-refractivity contribution in [2.24, 2.45) is 10.9 Å². The van der Waals surface area contributed by atoms with Crippen molar-refractivity contribution in [2.45, 2.75) is 44.0 Å². The highest BCUT2D eigenvalue weighted by Gasteiger charge is 2.48. The van der Waals surface area contributed by atoms with Crippen molar-refractivity contribution in [3.63, 3.8) is 0 Å². The number of hydrogen-bond donors (Lipinski definition) is 3. The van der Waals surface area contributed by atoms with E-state index in [0.29, 0.717) is 13.0 Å². The van der Waals surface area contributed by atoms with Crippen LogP contribution in [0.5, 0.6) is 0 Å². The Kier molecular flexibility index (Phi) is 4.83. The quantitative estimate of drug-likeness (QED) is 0.665. The van der Waals surface area contributed by atoms with Crippen LogP contribution >= 0.6 is 11.8 Å². The highest BCUT2D eigenvalue weighted by Crippen LogP contribution is 2.42. The first kappa shape index (κ1) is 14.8. The molecule has 19 heavy (non-hydrogen) atoms. The third-order valence-electron chi connectivity index (χ3n) is 3.38. The molecule has 0 aromatic rings. The number of aliphatic hydroxyl groups excluding tert-OH is 2. The zero-order chi connectivity index (χ0) is 14.0. The highest BCUT2D eigenvalue weighted by molar-refractivity contribution is 8.14. The third kappa shape index (κ3) is 3.28. The van der Waals surface area contributed by atoms with Crippen LogP contribution in [-0.2, 0) is 9.53 Å². The van der Waals surface area contributed by atoms with Gasteiger partial charge < -0.3 is 20.3 Å². The Morgan fingerprint density at radius 2 is 2.26 bits per heavy atom. The molecule has 6 nitrogen and oxygen atoms in total. The normalized spacial score (nSPS) is 40.2. The second-order valence-electron chi connectivity index (χ2n) is 4.82. The van der Waals surface area contributed by atoms with Crippen LogP contribution in [0.15, 0.2) is 4.99 Å². The lowest BCUT2D eigenvalue weighted by atomic mass is 9.90. The van der Waals surface area contributed by atoms with E-state index in [2.05, 4.69) is 10.3 Å². The number of carbonyl (C=O) groups is 1. The van der Waals surface area contributed by atoms with Gasteiger partial charge in [0.1, 0.15) is 17.6 Å². The van der Waals surface area contributed by atoms with Crippen molar-refractivity contribution in [1.29, 1.82) is 0 Å². The molecule has 108 valence electrons. The Labute approximate surface area is 116 Å². The minimum Gasteiger partial charge on any atom is -0.390 e. The number of carbonyl (C=O) groups excluding carboxylic acids is 1. The van der Waals surface area contributed by atoms with Crippen LogP contribution in [0.25, 0.3) is 0 Å². The molecular formula is C12H20N2O4S. The van der Waals surface area contributed by atoms with E-state index in [1.807, 2.05) is 6.92 Å². The minimum atomic E-state index is -0.977. The molecule has 2 heterocycles. The molecule has 0 spiro atoms. The third-order valence-corrected chi connectivity index (χ3v) is 4.64. The lowest BCUT2D eigenvalue weighted by molar-refractivity contribution is -0.170. The number of nitrogens with one attached hydrogen (secondary N) is 1. The van der Waals surface area contributed by atoms with Gasteiger partial charge in [-0.25, -0.2) is 0 Å². The summed E-state index contributed by atoms with van der Waals surface area (Å²) in [5.41, 5.74) is -0.192. The predicted molar refractivity (Wildman–Crippen MR) is 73.0 cm³/mol. The molecule has 0 bridgehead atoms. The van der Waals surface area contributed by atoms with Gasteiger partial charge in [0.05, 0.1) is 11.1 Å². The fraction of sp³-hybridized carbons (Fsp3) is 0.833. The molecule has 0 saturated carbocycles. The van der Waals surface area contributed by atoms with E-state index >= 15 is 0 Å². The molecule has 1 amide bonds. The van der Waals surface area contributed by atoms with Crippen LogP contribution in [0.3, 0.4) is 0 Å². The number of nitrogens with zero attached hydrogens (tertiary/aromatic N) is 1. The zero-order valence-corrected chi connectivity index (χ0v) is 11.9. The summed E-state index contributed by atoms with van der Waals surface area (Å²) in [7, 11) is 0. The molecule has 7 heteroatoms. The first-order valence-electron chi connectivity index (χ1n) is 6.49. The van der Waals surface area contributed by atoms with Crippen LogP contribution in [0.1, 0.15) is 20.3 Å². The summed E-state index contributed by atoms with van der Waals surface area (Å²) in [5, 5.41) is 23.8. The van der Waals surface area contributed by atoms with E-state index in [9.17, 15) is 15.0 Å². The maximum absolute atomic E-state index is 10.9. The monoisotopic (exact) mass is 288 g/mol. The van der Waals surface area contributed by atoms with Crippen LogP contribution in [0, 0.1) is 5.92 Å². The smallest absolute Gasteiger partial charge is 0.216 e. The summed E-state index contributed by atoms with van der Waals surface area (Å²) in [6.45, 7) is 4.28. The minimum absolute atomic E-state index is 0.126. The first-order chi connectivity index (χ1) is 9.02. The molecule has 0 aromatic carbocycles. The molecule has 0 aliphatic carbocycles. The predicted octanol–water partition coefficient (Wildman–Crippen LogP) is -0.259. The molecule has 5 atom stereocenters. The molecule has 5 unspecified atom stereocenters. The Bertz CT molecular complexity index is 377. The maximum atomic E-state index is 10.9. The van der Waals surface area contributed by atoms with Crippen molar-refractivity contribution in [1.82, 2.24) is 5.32 Å². The highest BCUT2D eigenvalue weighted by atomic mass is 32.2. The zero-order valence-electron chi connectivity index (χ0n) is 11.1. The summed E-state index contributed by atoms with van der Waals surface area (Å²) < 4.78 is 5.78. The van der Waals surface area contributed by atoms with Gasteiger partial charge in [-0.1, -0.05) is 11.8 Å². The average molecular weight is 288 g/mol. The first-order valence-corrected chi connectivity index (χ1v) is 7.37. The van der Waals surface area contributed by atoms with Gasteiger partial charge in [-0.15, -0.1) is 0 Å². The summed E-state index contributed by atoms with van der Waals surface area (Å²) in [5.74, 6) is -0.307. The van der Waals surface area contributed by atoms with E-state index in [1.54, 1.807) is 0 Å². The molecule has 2 aliphatic heterocycles. The maximum Gasteiger partial charge on any atom is 0.216 e. The topological polar surface area (TPSA) is 91.2 Å². The number of ether oxygens (including phenoxy) is 1. The number of fused-ring (bicyclic) bond motifs is 1. The van der Waals surface area contributed by atoms with E-state index in [0.717, 1.165) is 5.04 Å². The van der Waals surface area contributed by atoms with Crippen molar-refractivity contribution in [3.05, 3.63) is 0 Å². The van der Waals surface area contributed by atoms with Gasteiger partial charge in [0.25, 0.3) is 0 Å². The average Bonchev–Trinajstić information content (AvgIpc) is 2.75.